The van der Waals surface area contributed by atoms with E-state index in [-0.39, 0.29) is 12.5 Å². The van der Waals surface area contributed by atoms with Gasteiger partial charge in [-0.2, -0.15) is 5.26 Å². The highest BCUT2D eigenvalue weighted by molar-refractivity contribution is 7.71. The van der Waals surface area contributed by atoms with Crippen molar-refractivity contribution in [2.45, 2.75) is 6.54 Å². The number of rotatable bonds is 2. The molecule has 0 aliphatic heterocycles. The first kappa shape index (κ1) is 11.4. The maximum atomic E-state index is 11.3. The van der Waals surface area contributed by atoms with Crippen molar-refractivity contribution in [1.82, 2.24) is 9.55 Å². The summed E-state index contributed by atoms with van der Waals surface area (Å²) >= 11 is 5.12. The highest BCUT2D eigenvalue weighted by Gasteiger charge is 2.09. The number of fused-ring (bicyclic) bond motifs is 1. The molecule has 2 aromatic rings. The van der Waals surface area contributed by atoms with E-state index in [0.29, 0.717) is 10.3 Å². The molecule has 1 aromatic heterocycles. The average molecular weight is 247 g/mol. The van der Waals surface area contributed by atoms with Gasteiger partial charge in [0.25, 0.3) is 0 Å². The number of aromatic amines is 1. The van der Waals surface area contributed by atoms with Gasteiger partial charge >= 0.3 is 5.97 Å². The summed E-state index contributed by atoms with van der Waals surface area (Å²) < 4.78 is 6.64. The van der Waals surface area contributed by atoms with E-state index in [4.69, 9.17) is 17.5 Å². The van der Waals surface area contributed by atoms with Gasteiger partial charge in [0.1, 0.15) is 6.54 Å². The second-order valence-corrected chi connectivity index (χ2v) is 3.82. The predicted molar refractivity (Wildman–Crippen MR) is 63.9 cm³/mol. The lowest BCUT2D eigenvalue weighted by atomic mass is 10.2. The number of esters is 1. The number of benzene rings is 1. The smallest absolute Gasteiger partial charge is 0.325 e. The number of nitriles is 1. The van der Waals surface area contributed by atoms with Crippen molar-refractivity contribution in [3.8, 4) is 6.07 Å². The molecule has 0 saturated carbocycles. The molecule has 5 nitrogen and oxygen atoms in total. The molecule has 6 heteroatoms. The third kappa shape index (κ3) is 2.05. The number of ether oxygens (including phenoxy) is 1. The van der Waals surface area contributed by atoms with E-state index in [0.717, 1.165) is 11.0 Å². The summed E-state index contributed by atoms with van der Waals surface area (Å²) in [5.41, 5.74) is 2.03. The summed E-state index contributed by atoms with van der Waals surface area (Å²) in [6.45, 7) is 0.0320. The molecule has 0 atom stereocenters. The van der Waals surface area contributed by atoms with Crippen LogP contribution in [0, 0.1) is 16.1 Å². The van der Waals surface area contributed by atoms with Crippen molar-refractivity contribution in [1.29, 1.82) is 5.26 Å². The van der Waals surface area contributed by atoms with Crippen molar-refractivity contribution in [2.75, 3.05) is 7.11 Å². The Balaban J connectivity index is 2.61. The Kier molecular flexibility index (Phi) is 2.93. The van der Waals surface area contributed by atoms with E-state index in [9.17, 15) is 4.79 Å². The number of imidazole rings is 1. The Morgan fingerprint density at radius 2 is 2.41 bits per heavy atom. The molecule has 0 fully saturated rings. The van der Waals surface area contributed by atoms with E-state index >= 15 is 0 Å². The lowest BCUT2D eigenvalue weighted by Crippen LogP contribution is -2.11. The van der Waals surface area contributed by atoms with Gasteiger partial charge in [0.15, 0.2) is 4.77 Å². The lowest BCUT2D eigenvalue weighted by Gasteiger charge is -2.02. The van der Waals surface area contributed by atoms with Crippen LogP contribution in [0.25, 0.3) is 11.0 Å². The molecule has 1 aromatic carbocycles. The highest BCUT2D eigenvalue weighted by atomic mass is 32.1. The molecule has 86 valence electrons. The fraction of sp³-hybridized carbons (Fsp3) is 0.182. The summed E-state index contributed by atoms with van der Waals surface area (Å²) in [4.78, 5) is 14.2. The Morgan fingerprint density at radius 1 is 1.65 bits per heavy atom. The maximum Gasteiger partial charge on any atom is 0.325 e. The van der Waals surface area contributed by atoms with Crippen LogP contribution >= 0.6 is 12.2 Å². The molecule has 1 heterocycles. The Bertz CT molecular complexity index is 678. The number of H-pyrrole nitrogens is 1. The highest BCUT2D eigenvalue weighted by Crippen LogP contribution is 2.16. The van der Waals surface area contributed by atoms with Gasteiger partial charge in [-0.1, -0.05) is 0 Å². The summed E-state index contributed by atoms with van der Waals surface area (Å²) in [6, 6.07) is 7.18. The zero-order valence-electron chi connectivity index (χ0n) is 9.06. The van der Waals surface area contributed by atoms with E-state index in [1.165, 1.54) is 7.11 Å². The van der Waals surface area contributed by atoms with E-state index in [1.54, 1.807) is 22.8 Å². The standard InChI is InChI=1S/C11H9N3O2S/c1-16-10(15)6-14-9-4-7(5-12)2-3-8(9)13-11(14)17/h2-4H,6H2,1H3,(H,13,17). The Labute approximate surface area is 102 Å². The number of hydrogen-bond acceptors (Lipinski definition) is 4. The fourth-order valence-corrected chi connectivity index (χ4v) is 1.85. The molecular formula is C11H9N3O2S. The molecule has 0 bridgehead atoms. The van der Waals surface area contributed by atoms with Crippen LogP contribution in [0.4, 0.5) is 0 Å². The minimum absolute atomic E-state index is 0.0320. The number of carbonyl (C=O) groups is 1. The topological polar surface area (TPSA) is 70.8 Å². The fourth-order valence-electron chi connectivity index (χ4n) is 1.57. The zero-order chi connectivity index (χ0) is 12.4. The largest absolute Gasteiger partial charge is 0.468 e. The van der Waals surface area contributed by atoms with Gasteiger partial charge in [-0.15, -0.1) is 0 Å². The minimum Gasteiger partial charge on any atom is -0.468 e. The van der Waals surface area contributed by atoms with Crippen molar-refractivity contribution in [3.63, 3.8) is 0 Å². The number of aromatic nitrogens is 2. The first-order valence-electron chi connectivity index (χ1n) is 4.85. The quantitative estimate of drug-likeness (QED) is 0.648. The predicted octanol–water partition coefficient (Wildman–Crippen LogP) is 1.74. The second-order valence-electron chi connectivity index (χ2n) is 3.44. The number of methoxy groups -OCH3 is 1. The van der Waals surface area contributed by atoms with Gasteiger partial charge in [0.2, 0.25) is 0 Å². The Hall–Kier alpha value is -2.13. The van der Waals surface area contributed by atoms with Gasteiger partial charge in [-0.3, -0.25) is 4.79 Å². The first-order chi connectivity index (χ1) is 8.15. The number of hydrogen-bond donors (Lipinski definition) is 1. The van der Waals surface area contributed by atoms with Gasteiger partial charge < -0.3 is 14.3 Å². The molecule has 0 saturated heterocycles. The summed E-state index contributed by atoms with van der Waals surface area (Å²) in [6.07, 6.45) is 0. The van der Waals surface area contributed by atoms with Crippen LogP contribution in [0.3, 0.4) is 0 Å². The van der Waals surface area contributed by atoms with Crippen molar-refractivity contribution in [2.24, 2.45) is 0 Å². The molecule has 0 spiro atoms. The van der Waals surface area contributed by atoms with Gasteiger partial charge in [-0.05, 0) is 30.4 Å². The monoisotopic (exact) mass is 247 g/mol. The normalized spacial score (nSPS) is 10.1. The van der Waals surface area contributed by atoms with Crippen LogP contribution in [0.5, 0.6) is 0 Å². The van der Waals surface area contributed by atoms with Gasteiger partial charge in [0, 0.05) is 0 Å². The third-order valence-electron chi connectivity index (χ3n) is 2.42. The molecular weight excluding hydrogens is 238 g/mol. The third-order valence-corrected chi connectivity index (χ3v) is 2.74. The summed E-state index contributed by atoms with van der Waals surface area (Å²) in [5.74, 6) is -0.385. The van der Waals surface area contributed by atoms with Crippen LogP contribution in [0.15, 0.2) is 18.2 Å². The van der Waals surface area contributed by atoms with E-state index in [1.807, 2.05) is 6.07 Å². The van der Waals surface area contributed by atoms with Gasteiger partial charge in [-0.25, -0.2) is 0 Å². The van der Waals surface area contributed by atoms with Crippen LogP contribution in [-0.2, 0) is 16.1 Å². The van der Waals surface area contributed by atoms with Crippen molar-refractivity contribution >= 4 is 29.2 Å². The SMILES string of the molecule is COC(=O)Cn1c(=S)[nH]c2ccc(C#N)cc21. The molecule has 0 radical (unpaired) electrons. The molecule has 17 heavy (non-hydrogen) atoms. The maximum absolute atomic E-state index is 11.3. The minimum atomic E-state index is -0.385. The van der Waals surface area contributed by atoms with E-state index in [2.05, 4.69) is 9.72 Å². The molecule has 1 N–H and O–H groups in total. The van der Waals surface area contributed by atoms with E-state index < -0.39 is 0 Å². The average Bonchev–Trinajstić information content (AvgIpc) is 2.65. The number of nitrogens with zero attached hydrogens (tertiary/aromatic N) is 2. The second kappa shape index (κ2) is 4.39. The van der Waals surface area contributed by atoms with Crippen molar-refractivity contribution in [3.05, 3.63) is 28.5 Å². The molecule has 0 unspecified atom stereocenters. The zero-order valence-corrected chi connectivity index (χ0v) is 9.87. The van der Waals surface area contributed by atoms with Crippen LogP contribution in [-0.4, -0.2) is 22.6 Å². The summed E-state index contributed by atoms with van der Waals surface area (Å²) in [7, 11) is 1.32. The van der Waals surface area contributed by atoms with Crippen LogP contribution in [0.2, 0.25) is 0 Å². The van der Waals surface area contributed by atoms with Crippen molar-refractivity contribution < 1.29 is 9.53 Å². The molecule has 0 aliphatic carbocycles. The summed E-state index contributed by atoms with van der Waals surface area (Å²) in [5, 5.41) is 8.84. The number of nitrogens with one attached hydrogen (secondary N) is 1. The Morgan fingerprint density at radius 3 is 3.06 bits per heavy atom. The van der Waals surface area contributed by atoms with Crippen LogP contribution < -0.4 is 0 Å². The van der Waals surface area contributed by atoms with Crippen LogP contribution in [0.1, 0.15) is 5.56 Å². The molecule has 2 rings (SSSR count). The molecule has 0 aliphatic rings. The number of carbonyl (C=O) groups excluding carboxylic acids is 1. The lowest BCUT2D eigenvalue weighted by molar-refractivity contribution is -0.141. The first-order valence-corrected chi connectivity index (χ1v) is 5.26. The van der Waals surface area contributed by atoms with Gasteiger partial charge in [0.05, 0.1) is 29.8 Å². The molecule has 0 amide bonds.